The number of hydrogen-bond donors (Lipinski definition) is 0. The maximum absolute atomic E-state index is 12.9. The van der Waals surface area contributed by atoms with Crippen LogP contribution in [0.3, 0.4) is 0 Å². The zero-order valence-electron chi connectivity index (χ0n) is 11.1. The predicted molar refractivity (Wildman–Crippen MR) is 81.2 cm³/mol. The minimum Gasteiger partial charge on any atom is -0.264 e. The molecule has 0 saturated carbocycles. The van der Waals surface area contributed by atoms with Crippen LogP contribution in [-0.4, -0.2) is 15.2 Å². The Morgan fingerprint density at radius 2 is 1.81 bits per heavy atom. The van der Waals surface area contributed by atoms with Gasteiger partial charge in [0.15, 0.2) is 0 Å². The lowest BCUT2D eigenvalue weighted by molar-refractivity contribution is 0.628. The quantitative estimate of drug-likeness (QED) is 0.683. The van der Waals surface area contributed by atoms with Crippen LogP contribution in [0.2, 0.25) is 0 Å². The molecule has 2 aromatic heterocycles. The Bertz CT molecular complexity index is 700. The molecule has 0 aliphatic heterocycles. The molecule has 0 unspecified atom stereocenters. The zero-order valence-corrected chi connectivity index (χ0v) is 11.9. The highest BCUT2D eigenvalue weighted by atomic mass is 32.2. The maximum Gasteiger partial charge on any atom is 0.123 e. The Labute approximate surface area is 126 Å². The van der Waals surface area contributed by atoms with Crippen molar-refractivity contribution in [2.75, 3.05) is 0 Å². The van der Waals surface area contributed by atoms with E-state index in [1.54, 1.807) is 30.1 Å². The number of thioether (sulfide) groups is 1. The first-order chi connectivity index (χ1) is 10.3. The van der Waals surface area contributed by atoms with Crippen LogP contribution < -0.4 is 0 Å². The summed E-state index contributed by atoms with van der Waals surface area (Å²) in [7, 11) is 0. The van der Waals surface area contributed by atoms with Crippen molar-refractivity contribution in [1.29, 1.82) is 0 Å². The van der Waals surface area contributed by atoms with Crippen molar-refractivity contribution in [2.45, 2.75) is 10.8 Å². The van der Waals surface area contributed by atoms with Gasteiger partial charge in [-0.15, -0.1) is 10.2 Å². The summed E-state index contributed by atoms with van der Waals surface area (Å²) in [5, 5.41) is 9.22. The molecule has 21 heavy (non-hydrogen) atoms. The van der Waals surface area contributed by atoms with E-state index in [-0.39, 0.29) is 5.82 Å². The minimum atomic E-state index is -0.254. The molecule has 0 saturated heterocycles. The Morgan fingerprint density at radius 3 is 2.48 bits per heavy atom. The third kappa shape index (κ3) is 3.64. The van der Waals surface area contributed by atoms with Gasteiger partial charge in [-0.25, -0.2) is 4.39 Å². The number of pyridine rings is 1. The molecule has 0 fully saturated rings. The van der Waals surface area contributed by atoms with Crippen LogP contribution in [0.5, 0.6) is 0 Å². The van der Waals surface area contributed by atoms with Crippen LogP contribution in [-0.2, 0) is 5.75 Å². The number of hydrogen-bond acceptors (Lipinski definition) is 4. The van der Waals surface area contributed by atoms with Gasteiger partial charge in [-0.1, -0.05) is 17.8 Å². The molecule has 0 spiro atoms. The van der Waals surface area contributed by atoms with Gasteiger partial charge in [0, 0.05) is 23.7 Å². The minimum absolute atomic E-state index is 0.254. The maximum atomic E-state index is 12.9. The second kappa shape index (κ2) is 6.45. The Kier molecular flexibility index (Phi) is 4.21. The van der Waals surface area contributed by atoms with Gasteiger partial charge in [-0.05, 0) is 48.0 Å². The first-order valence-corrected chi connectivity index (χ1v) is 7.41. The molecule has 0 N–H and O–H groups in total. The van der Waals surface area contributed by atoms with Gasteiger partial charge < -0.3 is 0 Å². The fourth-order valence-corrected chi connectivity index (χ4v) is 2.56. The van der Waals surface area contributed by atoms with Crippen LogP contribution in [0.4, 0.5) is 4.39 Å². The Morgan fingerprint density at radius 1 is 0.952 bits per heavy atom. The van der Waals surface area contributed by atoms with Gasteiger partial charge in [-0.2, -0.15) is 0 Å². The molecule has 0 aliphatic rings. The topological polar surface area (TPSA) is 38.7 Å². The van der Waals surface area contributed by atoms with E-state index in [0.717, 1.165) is 27.6 Å². The molecule has 0 atom stereocenters. The van der Waals surface area contributed by atoms with Crippen molar-refractivity contribution >= 4 is 11.8 Å². The molecular weight excluding hydrogens is 285 g/mol. The first kappa shape index (κ1) is 13.7. The summed E-state index contributed by atoms with van der Waals surface area (Å²) < 4.78 is 12.9. The van der Waals surface area contributed by atoms with E-state index in [9.17, 15) is 4.39 Å². The van der Waals surface area contributed by atoms with Crippen molar-refractivity contribution < 1.29 is 4.39 Å². The normalized spacial score (nSPS) is 10.5. The van der Waals surface area contributed by atoms with Crippen LogP contribution in [0, 0.1) is 5.82 Å². The molecule has 2 heterocycles. The van der Waals surface area contributed by atoms with E-state index in [2.05, 4.69) is 15.2 Å². The van der Waals surface area contributed by atoms with E-state index in [0.29, 0.717) is 0 Å². The van der Waals surface area contributed by atoms with Gasteiger partial charge in [-0.3, -0.25) is 4.98 Å². The van der Waals surface area contributed by atoms with Crippen molar-refractivity contribution in [2.24, 2.45) is 0 Å². The molecular formula is C16H12FN3S. The number of rotatable bonds is 4. The van der Waals surface area contributed by atoms with Crippen LogP contribution in [0.15, 0.2) is 66.0 Å². The molecule has 104 valence electrons. The Hall–Kier alpha value is -2.27. The van der Waals surface area contributed by atoms with Crippen molar-refractivity contribution in [3.05, 3.63) is 72.3 Å². The summed E-state index contributed by atoms with van der Waals surface area (Å²) >= 11 is 1.61. The second-order valence-corrected chi connectivity index (χ2v) is 5.41. The summed E-state index contributed by atoms with van der Waals surface area (Å²) in [6.45, 7) is 0. The number of halogens is 1. The van der Waals surface area contributed by atoms with E-state index in [4.69, 9.17) is 0 Å². The van der Waals surface area contributed by atoms with Crippen LogP contribution in [0.25, 0.3) is 11.3 Å². The van der Waals surface area contributed by atoms with Crippen molar-refractivity contribution in [3.63, 3.8) is 0 Å². The predicted octanol–water partition coefficient (Wildman–Crippen LogP) is 3.97. The van der Waals surface area contributed by atoms with E-state index < -0.39 is 0 Å². The van der Waals surface area contributed by atoms with E-state index >= 15 is 0 Å². The summed E-state index contributed by atoms with van der Waals surface area (Å²) in [4.78, 5) is 4.08. The molecule has 0 amide bonds. The second-order valence-electron chi connectivity index (χ2n) is 4.41. The fourth-order valence-electron chi connectivity index (χ4n) is 1.81. The summed E-state index contributed by atoms with van der Waals surface area (Å²) in [6.07, 6.45) is 3.60. The highest BCUT2D eigenvalue weighted by Gasteiger charge is 2.03. The van der Waals surface area contributed by atoms with Gasteiger partial charge >= 0.3 is 0 Å². The molecule has 1 aromatic carbocycles. The van der Waals surface area contributed by atoms with E-state index in [1.165, 1.54) is 12.1 Å². The summed E-state index contributed by atoms with van der Waals surface area (Å²) in [5.41, 5.74) is 2.74. The smallest absolute Gasteiger partial charge is 0.123 e. The number of nitrogens with zero attached hydrogens (tertiary/aromatic N) is 3. The zero-order chi connectivity index (χ0) is 14.5. The van der Waals surface area contributed by atoms with Crippen LogP contribution in [0.1, 0.15) is 5.56 Å². The monoisotopic (exact) mass is 297 g/mol. The molecule has 3 aromatic rings. The third-order valence-electron chi connectivity index (χ3n) is 2.89. The lowest BCUT2D eigenvalue weighted by Gasteiger charge is -2.02. The average molecular weight is 297 g/mol. The summed E-state index contributed by atoms with van der Waals surface area (Å²) in [6, 6.07) is 14.0. The molecule has 5 heteroatoms. The highest BCUT2D eigenvalue weighted by molar-refractivity contribution is 7.98. The van der Waals surface area contributed by atoms with Crippen molar-refractivity contribution in [3.8, 4) is 11.3 Å². The fraction of sp³-hybridized carbons (Fsp3) is 0.0625. The van der Waals surface area contributed by atoms with Crippen molar-refractivity contribution in [1.82, 2.24) is 15.2 Å². The Balaban J connectivity index is 1.68. The molecule has 0 aliphatic carbocycles. The third-order valence-corrected chi connectivity index (χ3v) is 3.88. The number of aromatic nitrogens is 3. The van der Waals surface area contributed by atoms with Gasteiger partial charge in [0.25, 0.3) is 0 Å². The lowest BCUT2D eigenvalue weighted by atomic mass is 10.1. The molecule has 3 rings (SSSR count). The molecule has 0 bridgehead atoms. The lowest BCUT2D eigenvalue weighted by Crippen LogP contribution is -1.90. The molecule has 3 nitrogen and oxygen atoms in total. The highest BCUT2D eigenvalue weighted by Crippen LogP contribution is 2.22. The SMILES string of the molecule is Fc1ccc(-c2ccc(SCc3cccnc3)nn2)cc1. The van der Waals surface area contributed by atoms with Crippen LogP contribution >= 0.6 is 11.8 Å². The number of benzene rings is 1. The van der Waals surface area contributed by atoms with Gasteiger partial charge in [0.2, 0.25) is 0 Å². The average Bonchev–Trinajstić information content (AvgIpc) is 2.55. The van der Waals surface area contributed by atoms with Gasteiger partial charge in [0.1, 0.15) is 10.8 Å². The summed E-state index contributed by atoms with van der Waals surface area (Å²) in [5.74, 6) is 0.550. The standard InChI is InChI=1S/C16H12FN3S/c17-14-5-3-13(4-6-14)15-7-8-16(20-19-15)21-11-12-2-1-9-18-10-12/h1-10H,11H2. The molecule has 0 radical (unpaired) electrons. The van der Waals surface area contributed by atoms with E-state index in [1.807, 2.05) is 30.5 Å². The van der Waals surface area contributed by atoms with Gasteiger partial charge in [0.05, 0.1) is 5.69 Å². The largest absolute Gasteiger partial charge is 0.264 e. The first-order valence-electron chi connectivity index (χ1n) is 6.43.